The third-order valence-corrected chi connectivity index (χ3v) is 3.11. The highest BCUT2D eigenvalue weighted by molar-refractivity contribution is 8.13. The van der Waals surface area contributed by atoms with Gasteiger partial charge in [0.05, 0.1) is 10.0 Å². The van der Waals surface area contributed by atoms with E-state index in [-0.39, 0.29) is 15.2 Å². The van der Waals surface area contributed by atoms with Gasteiger partial charge >= 0.3 is 0 Å². The first-order valence-corrected chi connectivity index (χ1v) is 6.51. The van der Waals surface area contributed by atoms with Gasteiger partial charge in [-0.1, -0.05) is 46.8 Å². The van der Waals surface area contributed by atoms with E-state index in [1.807, 2.05) is 0 Å². The third kappa shape index (κ3) is 4.99. The zero-order valence-electron chi connectivity index (χ0n) is 9.02. The second-order valence-corrected chi connectivity index (χ2v) is 5.23. The summed E-state index contributed by atoms with van der Waals surface area (Å²) >= 11 is 12.5. The summed E-state index contributed by atoms with van der Waals surface area (Å²) in [7, 11) is 0. The van der Waals surface area contributed by atoms with E-state index in [0.717, 1.165) is 0 Å². The lowest BCUT2D eigenvalue weighted by molar-refractivity contribution is -0.109. The van der Waals surface area contributed by atoms with Gasteiger partial charge in [-0.05, 0) is 12.1 Å². The van der Waals surface area contributed by atoms with Crippen LogP contribution in [0.25, 0.3) is 0 Å². The minimum absolute atomic E-state index is 0.0417. The highest BCUT2D eigenvalue weighted by atomic mass is 35.5. The first kappa shape index (κ1) is 14.4. The van der Waals surface area contributed by atoms with Gasteiger partial charge in [0.15, 0.2) is 10.9 Å². The Hall–Kier alpha value is -0.690. The number of hydrogen-bond acceptors (Lipinski definition) is 2. The lowest BCUT2D eigenvalue weighted by Gasteiger charge is -1.98. The number of rotatable bonds is 2. The van der Waals surface area contributed by atoms with Crippen LogP contribution in [0.1, 0.15) is 18.9 Å². The molecular formula is C12H9Cl2FOS. The number of halogens is 3. The van der Waals surface area contributed by atoms with Crippen molar-refractivity contribution < 1.29 is 9.18 Å². The van der Waals surface area contributed by atoms with Gasteiger partial charge in [-0.15, -0.1) is 0 Å². The maximum absolute atomic E-state index is 13.1. The van der Waals surface area contributed by atoms with Gasteiger partial charge in [0.2, 0.25) is 0 Å². The van der Waals surface area contributed by atoms with Crippen molar-refractivity contribution in [2.24, 2.45) is 0 Å². The van der Waals surface area contributed by atoms with E-state index in [2.05, 4.69) is 11.8 Å². The van der Waals surface area contributed by atoms with Gasteiger partial charge in [-0.3, -0.25) is 4.79 Å². The molecule has 0 heterocycles. The minimum atomic E-state index is -0.633. The van der Waals surface area contributed by atoms with Crippen molar-refractivity contribution in [1.82, 2.24) is 0 Å². The molecule has 0 aromatic heterocycles. The number of benzene rings is 1. The average Bonchev–Trinajstić information content (AvgIpc) is 2.25. The zero-order valence-corrected chi connectivity index (χ0v) is 11.3. The molecule has 0 spiro atoms. The predicted molar refractivity (Wildman–Crippen MR) is 71.1 cm³/mol. The summed E-state index contributed by atoms with van der Waals surface area (Å²) in [5.41, 5.74) is 0.564. The van der Waals surface area contributed by atoms with Gasteiger partial charge < -0.3 is 0 Å². The molecule has 0 aliphatic rings. The normalized spacial score (nSPS) is 9.65. The molecule has 0 atom stereocenters. The van der Waals surface area contributed by atoms with Gasteiger partial charge in [0.1, 0.15) is 0 Å². The Morgan fingerprint density at radius 1 is 1.41 bits per heavy atom. The van der Waals surface area contributed by atoms with E-state index < -0.39 is 5.82 Å². The SMILES string of the molecule is CC(=O)SCCC#Cc1cc(Cl)c(F)c(Cl)c1. The van der Waals surface area contributed by atoms with Gasteiger partial charge in [0.25, 0.3) is 0 Å². The van der Waals surface area contributed by atoms with Crippen molar-refractivity contribution in [3.05, 3.63) is 33.6 Å². The molecule has 1 aromatic rings. The van der Waals surface area contributed by atoms with Crippen LogP contribution in [0.3, 0.4) is 0 Å². The molecule has 0 amide bonds. The Morgan fingerprint density at radius 3 is 2.53 bits per heavy atom. The van der Waals surface area contributed by atoms with E-state index in [0.29, 0.717) is 17.7 Å². The molecule has 0 fully saturated rings. The smallest absolute Gasteiger partial charge is 0.185 e. The zero-order chi connectivity index (χ0) is 12.8. The van der Waals surface area contributed by atoms with Crippen molar-refractivity contribution in [3.63, 3.8) is 0 Å². The molecule has 0 radical (unpaired) electrons. The lowest BCUT2D eigenvalue weighted by Crippen LogP contribution is -1.85. The Bertz CT molecular complexity index is 468. The summed E-state index contributed by atoms with van der Waals surface area (Å²) < 4.78 is 13.1. The summed E-state index contributed by atoms with van der Waals surface area (Å²) in [6.45, 7) is 1.51. The van der Waals surface area contributed by atoms with Crippen molar-refractivity contribution in [2.75, 3.05) is 5.75 Å². The van der Waals surface area contributed by atoms with Crippen LogP contribution in [-0.2, 0) is 4.79 Å². The van der Waals surface area contributed by atoms with Crippen LogP contribution in [0.15, 0.2) is 12.1 Å². The Balaban J connectivity index is 2.63. The monoisotopic (exact) mass is 290 g/mol. The molecule has 0 unspecified atom stereocenters. The largest absolute Gasteiger partial charge is 0.288 e. The van der Waals surface area contributed by atoms with Crippen molar-refractivity contribution in [1.29, 1.82) is 0 Å². The molecule has 90 valence electrons. The predicted octanol–water partition coefficient (Wildman–Crippen LogP) is 4.15. The van der Waals surface area contributed by atoms with Crippen LogP contribution >= 0.6 is 35.0 Å². The molecule has 1 nitrogen and oxygen atoms in total. The first-order chi connectivity index (χ1) is 8.00. The van der Waals surface area contributed by atoms with Gasteiger partial charge in [-0.2, -0.15) is 0 Å². The maximum Gasteiger partial charge on any atom is 0.185 e. The highest BCUT2D eigenvalue weighted by Gasteiger charge is 2.05. The second-order valence-electron chi connectivity index (χ2n) is 3.15. The van der Waals surface area contributed by atoms with Crippen LogP contribution in [-0.4, -0.2) is 10.9 Å². The lowest BCUT2D eigenvalue weighted by atomic mass is 10.2. The van der Waals surface area contributed by atoms with Gasteiger partial charge in [-0.25, -0.2) is 4.39 Å². The topological polar surface area (TPSA) is 17.1 Å². The van der Waals surface area contributed by atoms with Crippen LogP contribution in [0.5, 0.6) is 0 Å². The van der Waals surface area contributed by atoms with Crippen molar-refractivity contribution in [3.8, 4) is 11.8 Å². The second kappa shape index (κ2) is 6.90. The molecule has 0 saturated heterocycles. The van der Waals surface area contributed by atoms with Crippen molar-refractivity contribution >= 4 is 40.1 Å². The number of carbonyl (C=O) groups is 1. The summed E-state index contributed by atoms with van der Waals surface area (Å²) in [6, 6.07) is 2.85. The fourth-order valence-electron chi connectivity index (χ4n) is 1.04. The molecule has 0 N–H and O–H groups in total. The molecule has 0 aliphatic carbocycles. The van der Waals surface area contributed by atoms with E-state index >= 15 is 0 Å². The summed E-state index contributed by atoms with van der Waals surface area (Å²) in [5, 5.41) is -0.0144. The summed E-state index contributed by atoms with van der Waals surface area (Å²) in [6.07, 6.45) is 0.580. The number of hydrogen-bond donors (Lipinski definition) is 0. The first-order valence-electron chi connectivity index (χ1n) is 4.77. The van der Waals surface area contributed by atoms with Crippen LogP contribution in [0.2, 0.25) is 10.0 Å². The molecule has 1 aromatic carbocycles. The third-order valence-electron chi connectivity index (χ3n) is 1.75. The molecule has 0 aliphatic heterocycles. The number of carbonyl (C=O) groups excluding carboxylic acids is 1. The Morgan fingerprint density at radius 2 is 2.00 bits per heavy atom. The molecule has 5 heteroatoms. The van der Waals surface area contributed by atoms with E-state index in [1.165, 1.54) is 30.8 Å². The average molecular weight is 291 g/mol. The summed E-state index contributed by atoms with van der Waals surface area (Å²) in [5.74, 6) is 5.70. The van der Waals surface area contributed by atoms with Crippen molar-refractivity contribution in [2.45, 2.75) is 13.3 Å². The molecule has 0 saturated carbocycles. The quantitative estimate of drug-likeness (QED) is 0.462. The fourth-order valence-corrected chi connectivity index (χ4v) is 2.02. The Labute approximate surface area is 114 Å². The molecular weight excluding hydrogens is 282 g/mol. The molecule has 0 bridgehead atoms. The van der Waals surface area contributed by atoms with E-state index in [1.54, 1.807) is 0 Å². The van der Waals surface area contributed by atoms with Crippen LogP contribution < -0.4 is 0 Å². The fraction of sp³-hybridized carbons (Fsp3) is 0.250. The Kier molecular flexibility index (Phi) is 5.84. The van der Waals surface area contributed by atoms with E-state index in [4.69, 9.17) is 23.2 Å². The molecule has 17 heavy (non-hydrogen) atoms. The maximum atomic E-state index is 13.1. The summed E-state index contributed by atoms with van der Waals surface area (Å²) in [4.78, 5) is 10.6. The number of thioether (sulfide) groups is 1. The van der Waals surface area contributed by atoms with E-state index in [9.17, 15) is 9.18 Å². The van der Waals surface area contributed by atoms with Crippen LogP contribution in [0.4, 0.5) is 4.39 Å². The standard InChI is InChI=1S/C12H9Cl2FOS/c1-8(16)17-5-3-2-4-9-6-10(13)12(15)11(14)7-9/h6-7H,3,5H2,1H3. The minimum Gasteiger partial charge on any atom is -0.288 e. The van der Waals surface area contributed by atoms with Crippen LogP contribution in [0, 0.1) is 17.7 Å². The molecule has 1 rings (SSSR count). The highest BCUT2D eigenvalue weighted by Crippen LogP contribution is 2.24. The van der Waals surface area contributed by atoms with Gasteiger partial charge in [0, 0.05) is 24.7 Å².